The third-order valence-corrected chi connectivity index (χ3v) is 3.44. The predicted octanol–water partition coefficient (Wildman–Crippen LogP) is 3.00. The highest BCUT2D eigenvalue weighted by Gasteiger charge is 2.09. The van der Waals surface area contributed by atoms with Gasteiger partial charge in [-0.25, -0.2) is 0 Å². The number of amides is 1. The van der Waals surface area contributed by atoms with Gasteiger partial charge in [0.25, 0.3) is 5.91 Å². The molecule has 0 bridgehead atoms. The van der Waals surface area contributed by atoms with Crippen LogP contribution in [0, 0.1) is 0 Å². The Morgan fingerprint density at radius 3 is 2.55 bits per heavy atom. The van der Waals surface area contributed by atoms with Gasteiger partial charge in [-0.2, -0.15) is 0 Å². The molecule has 0 aliphatic carbocycles. The molecule has 0 saturated carbocycles. The normalized spacial score (nSPS) is 10.1. The number of hydrogen-bond donors (Lipinski definition) is 3. The predicted molar refractivity (Wildman–Crippen MR) is 85.7 cm³/mol. The number of carbonyl (C=O) groups excluding carboxylic acids is 1. The first-order valence-electron chi connectivity index (χ1n) is 6.20. The fourth-order valence-corrected chi connectivity index (χ4v) is 2.10. The third-order valence-electron chi connectivity index (χ3n) is 2.91. The fourth-order valence-electron chi connectivity index (χ4n) is 1.84. The molecule has 4 nitrogen and oxygen atoms in total. The monoisotopic (exact) mass is 333 g/mol. The number of nitrogens with one attached hydrogen (secondary N) is 2. The molecule has 104 valence electrons. The number of nitrogen functional groups attached to an aromatic ring is 1. The summed E-state index contributed by atoms with van der Waals surface area (Å²) in [6, 6.07) is 13.2. The van der Waals surface area contributed by atoms with Crippen molar-refractivity contribution in [3.63, 3.8) is 0 Å². The van der Waals surface area contributed by atoms with Crippen LogP contribution >= 0.6 is 15.9 Å². The minimum atomic E-state index is -0.136. The first-order chi connectivity index (χ1) is 9.60. The standard InChI is InChI=1S/C15H16BrN3O/c1-18-15(20)13-7-6-12(17)8-14(13)19-9-10-2-4-11(16)5-3-10/h2-8,19H,9,17H2,1H3,(H,18,20). The Balaban J connectivity index is 2.17. The Labute approximate surface area is 126 Å². The molecular formula is C15H16BrN3O. The van der Waals surface area contributed by atoms with E-state index >= 15 is 0 Å². The molecule has 0 saturated heterocycles. The summed E-state index contributed by atoms with van der Waals surface area (Å²) in [5.41, 5.74) is 8.84. The Kier molecular flexibility index (Phi) is 4.63. The molecule has 0 fully saturated rings. The van der Waals surface area contributed by atoms with E-state index in [0.29, 0.717) is 17.8 Å². The molecule has 2 aromatic carbocycles. The van der Waals surface area contributed by atoms with Gasteiger partial charge in [-0.1, -0.05) is 28.1 Å². The van der Waals surface area contributed by atoms with Crippen molar-refractivity contribution < 1.29 is 4.79 Å². The van der Waals surface area contributed by atoms with Crippen LogP contribution < -0.4 is 16.4 Å². The van der Waals surface area contributed by atoms with E-state index in [2.05, 4.69) is 26.6 Å². The Morgan fingerprint density at radius 1 is 1.20 bits per heavy atom. The van der Waals surface area contributed by atoms with E-state index in [1.807, 2.05) is 24.3 Å². The zero-order valence-electron chi connectivity index (χ0n) is 11.1. The van der Waals surface area contributed by atoms with Crippen molar-refractivity contribution in [2.45, 2.75) is 6.54 Å². The van der Waals surface area contributed by atoms with Gasteiger partial charge >= 0.3 is 0 Å². The summed E-state index contributed by atoms with van der Waals surface area (Å²) < 4.78 is 1.04. The minimum Gasteiger partial charge on any atom is -0.399 e. The van der Waals surface area contributed by atoms with Crippen LogP contribution in [0.1, 0.15) is 15.9 Å². The van der Waals surface area contributed by atoms with Crippen LogP contribution in [0.4, 0.5) is 11.4 Å². The van der Waals surface area contributed by atoms with E-state index in [-0.39, 0.29) is 5.91 Å². The van der Waals surface area contributed by atoms with Crippen LogP contribution in [-0.4, -0.2) is 13.0 Å². The first-order valence-corrected chi connectivity index (χ1v) is 6.99. The molecule has 2 aromatic rings. The van der Waals surface area contributed by atoms with Crippen LogP contribution in [0.2, 0.25) is 0 Å². The molecule has 0 spiro atoms. The van der Waals surface area contributed by atoms with E-state index in [1.165, 1.54) is 0 Å². The summed E-state index contributed by atoms with van der Waals surface area (Å²) >= 11 is 3.40. The summed E-state index contributed by atoms with van der Waals surface area (Å²) in [5.74, 6) is -0.136. The lowest BCUT2D eigenvalue weighted by molar-refractivity contribution is 0.0964. The van der Waals surface area contributed by atoms with E-state index in [0.717, 1.165) is 15.7 Å². The SMILES string of the molecule is CNC(=O)c1ccc(N)cc1NCc1ccc(Br)cc1. The largest absolute Gasteiger partial charge is 0.399 e. The zero-order valence-corrected chi connectivity index (χ0v) is 12.7. The van der Waals surface area contributed by atoms with Crippen molar-refractivity contribution in [3.8, 4) is 0 Å². The maximum atomic E-state index is 11.8. The van der Waals surface area contributed by atoms with Gasteiger partial charge in [-0.3, -0.25) is 4.79 Å². The summed E-state index contributed by atoms with van der Waals surface area (Å²) in [4.78, 5) is 11.8. The summed E-state index contributed by atoms with van der Waals surface area (Å²) in [6.07, 6.45) is 0. The smallest absolute Gasteiger partial charge is 0.253 e. The van der Waals surface area contributed by atoms with Gasteiger partial charge in [0.15, 0.2) is 0 Å². The van der Waals surface area contributed by atoms with Gasteiger partial charge in [-0.05, 0) is 35.9 Å². The van der Waals surface area contributed by atoms with E-state index in [4.69, 9.17) is 5.73 Å². The molecule has 2 rings (SSSR count). The number of anilines is 2. The molecule has 0 heterocycles. The van der Waals surface area contributed by atoms with Crippen molar-refractivity contribution in [2.24, 2.45) is 0 Å². The second-order valence-electron chi connectivity index (χ2n) is 4.36. The lowest BCUT2D eigenvalue weighted by Gasteiger charge is -2.12. The van der Waals surface area contributed by atoms with Crippen molar-refractivity contribution in [1.82, 2.24) is 5.32 Å². The Hall–Kier alpha value is -2.01. The van der Waals surface area contributed by atoms with Gasteiger partial charge in [-0.15, -0.1) is 0 Å². The molecule has 0 radical (unpaired) electrons. The maximum Gasteiger partial charge on any atom is 0.253 e. The van der Waals surface area contributed by atoms with Crippen LogP contribution in [0.3, 0.4) is 0 Å². The number of benzene rings is 2. The second-order valence-corrected chi connectivity index (χ2v) is 5.28. The van der Waals surface area contributed by atoms with E-state index in [1.54, 1.807) is 25.2 Å². The highest BCUT2D eigenvalue weighted by molar-refractivity contribution is 9.10. The third kappa shape index (κ3) is 3.51. The van der Waals surface area contributed by atoms with Gasteiger partial charge in [0.2, 0.25) is 0 Å². The van der Waals surface area contributed by atoms with E-state index < -0.39 is 0 Å². The second kappa shape index (κ2) is 6.43. The summed E-state index contributed by atoms with van der Waals surface area (Å²) in [5, 5.41) is 5.87. The van der Waals surface area contributed by atoms with Crippen molar-refractivity contribution in [1.29, 1.82) is 0 Å². The molecule has 0 atom stereocenters. The quantitative estimate of drug-likeness (QED) is 0.753. The lowest BCUT2D eigenvalue weighted by atomic mass is 10.1. The van der Waals surface area contributed by atoms with Gasteiger partial charge in [0.05, 0.1) is 5.56 Å². The van der Waals surface area contributed by atoms with Crippen molar-refractivity contribution >= 4 is 33.2 Å². The molecule has 0 aliphatic rings. The highest BCUT2D eigenvalue weighted by Crippen LogP contribution is 2.20. The van der Waals surface area contributed by atoms with Crippen LogP contribution in [0.15, 0.2) is 46.9 Å². The van der Waals surface area contributed by atoms with Gasteiger partial charge in [0, 0.05) is 29.4 Å². The number of hydrogen-bond acceptors (Lipinski definition) is 3. The average Bonchev–Trinajstić information content (AvgIpc) is 2.46. The van der Waals surface area contributed by atoms with E-state index in [9.17, 15) is 4.79 Å². The Bertz CT molecular complexity index is 611. The summed E-state index contributed by atoms with van der Waals surface area (Å²) in [7, 11) is 1.61. The topological polar surface area (TPSA) is 67.2 Å². The molecule has 0 unspecified atom stereocenters. The minimum absolute atomic E-state index is 0.136. The number of rotatable bonds is 4. The Morgan fingerprint density at radius 2 is 1.90 bits per heavy atom. The van der Waals surface area contributed by atoms with Gasteiger partial charge in [0.1, 0.15) is 0 Å². The molecule has 20 heavy (non-hydrogen) atoms. The molecule has 4 N–H and O–H groups in total. The fraction of sp³-hybridized carbons (Fsp3) is 0.133. The molecule has 1 amide bonds. The highest BCUT2D eigenvalue weighted by atomic mass is 79.9. The first kappa shape index (κ1) is 14.4. The molecular weight excluding hydrogens is 318 g/mol. The van der Waals surface area contributed by atoms with Gasteiger partial charge < -0.3 is 16.4 Å². The van der Waals surface area contributed by atoms with Crippen LogP contribution in [0.5, 0.6) is 0 Å². The van der Waals surface area contributed by atoms with Crippen molar-refractivity contribution in [3.05, 3.63) is 58.1 Å². The number of nitrogens with two attached hydrogens (primary N) is 1. The molecule has 0 aromatic heterocycles. The lowest BCUT2D eigenvalue weighted by Crippen LogP contribution is -2.19. The maximum absolute atomic E-state index is 11.8. The average molecular weight is 334 g/mol. The number of carbonyl (C=O) groups is 1. The number of halogens is 1. The van der Waals surface area contributed by atoms with Crippen LogP contribution in [-0.2, 0) is 6.54 Å². The zero-order chi connectivity index (χ0) is 14.5. The molecule has 5 heteroatoms. The summed E-state index contributed by atoms with van der Waals surface area (Å²) in [6.45, 7) is 0.626. The molecule has 0 aliphatic heterocycles. The van der Waals surface area contributed by atoms with Crippen molar-refractivity contribution in [2.75, 3.05) is 18.1 Å². The van der Waals surface area contributed by atoms with Crippen LogP contribution in [0.25, 0.3) is 0 Å².